The molecule has 2 amide bonds. The van der Waals surface area contributed by atoms with Crippen molar-refractivity contribution in [2.24, 2.45) is 5.16 Å². The minimum absolute atomic E-state index is 0.0348. The van der Waals surface area contributed by atoms with Crippen LogP contribution in [0.1, 0.15) is 18.1 Å². The maximum atomic E-state index is 12.7. The van der Waals surface area contributed by atoms with Crippen LogP contribution < -0.4 is 5.32 Å². The molecule has 0 spiro atoms. The highest BCUT2D eigenvalue weighted by atomic mass is 19.4. The van der Waals surface area contributed by atoms with Crippen LogP contribution in [-0.2, 0) is 27.1 Å². The van der Waals surface area contributed by atoms with E-state index in [0.717, 1.165) is 23.9 Å². The number of anilines is 1. The number of nitrogens with one attached hydrogen (secondary N) is 1. The van der Waals surface area contributed by atoms with Gasteiger partial charge in [0, 0.05) is 18.8 Å². The number of carbonyl (C=O) groups excluding carboxylic acids is 2. The van der Waals surface area contributed by atoms with Gasteiger partial charge in [-0.3, -0.25) is 9.59 Å². The van der Waals surface area contributed by atoms with Crippen molar-refractivity contribution in [3.63, 3.8) is 0 Å². The second-order valence-electron chi connectivity index (χ2n) is 5.97. The quantitative estimate of drug-likeness (QED) is 0.536. The zero-order valence-corrected chi connectivity index (χ0v) is 15.6. The summed E-state index contributed by atoms with van der Waals surface area (Å²) < 4.78 is 38.0. The number of halogens is 3. The Morgan fingerprint density at radius 2 is 1.86 bits per heavy atom. The fourth-order valence-electron chi connectivity index (χ4n) is 2.40. The minimum atomic E-state index is -4.51. The third-order valence-electron chi connectivity index (χ3n) is 3.84. The van der Waals surface area contributed by atoms with E-state index < -0.39 is 17.6 Å². The molecule has 0 aromatic heterocycles. The van der Waals surface area contributed by atoms with E-state index in [9.17, 15) is 22.8 Å². The molecule has 6 nitrogen and oxygen atoms in total. The zero-order valence-electron chi connectivity index (χ0n) is 15.6. The van der Waals surface area contributed by atoms with E-state index in [1.807, 2.05) is 37.3 Å². The van der Waals surface area contributed by atoms with Crippen LogP contribution in [0.2, 0.25) is 0 Å². The SMILES string of the molecule is CCN(Cc1ccccc1)C(=O)CO/N=C/C(=O)Nc1cccc(C(F)(F)F)c1. The van der Waals surface area contributed by atoms with E-state index in [2.05, 4.69) is 10.5 Å². The predicted molar refractivity (Wildman–Crippen MR) is 102 cm³/mol. The first kappa shape index (κ1) is 21.9. The molecule has 29 heavy (non-hydrogen) atoms. The van der Waals surface area contributed by atoms with E-state index >= 15 is 0 Å². The van der Waals surface area contributed by atoms with E-state index in [1.165, 1.54) is 12.1 Å². The predicted octanol–water partition coefficient (Wildman–Crippen LogP) is 3.70. The number of likely N-dealkylation sites (N-methyl/N-ethyl adjacent to an activating group) is 1. The van der Waals surface area contributed by atoms with Crippen LogP contribution in [0.5, 0.6) is 0 Å². The van der Waals surface area contributed by atoms with Crippen LogP contribution in [-0.4, -0.2) is 36.1 Å². The highest BCUT2D eigenvalue weighted by Crippen LogP contribution is 2.30. The molecule has 0 aliphatic heterocycles. The number of alkyl halides is 3. The van der Waals surface area contributed by atoms with E-state index in [4.69, 9.17) is 4.84 Å². The molecule has 0 aliphatic carbocycles. The molecule has 0 fully saturated rings. The van der Waals surface area contributed by atoms with Crippen molar-refractivity contribution < 1.29 is 27.6 Å². The highest BCUT2D eigenvalue weighted by molar-refractivity contribution is 6.31. The number of nitrogens with zero attached hydrogens (tertiary/aromatic N) is 2. The molecular formula is C20H20F3N3O3. The summed E-state index contributed by atoms with van der Waals surface area (Å²) in [6.07, 6.45) is -3.76. The van der Waals surface area contributed by atoms with E-state index in [1.54, 1.807) is 4.90 Å². The summed E-state index contributed by atoms with van der Waals surface area (Å²) in [5.41, 5.74) is 0.0474. The number of hydrogen-bond donors (Lipinski definition) is 1. The van der Waals surface area contributed by atoms with Crippen molar-refractivity contribution >= 4 is 23.7 Å². The number of rotatable bonds is 8. The van der Waals surface area contributed by atoms with Gasteiger partial charge < -0.3 is 15.1 Å². The summed E-state index contributed by atoms with van der Waals surface area (Å²) in [4.78, 5) is 30.3. The minimum Gasteiger partial charge on any atom is -0.386 e. The Kier molecular flexibility index (Phi) is 7.76. The van der Waals surface area contributed by atoms with Crippen LogP contribution in [0.15, 0.2) is 59.8 Å². The van der Waals surface area contributed by atoms with E-state index in [0.29, 0.717) is 13.1 Å². The molecular weight excluding hydrogens is 387 g/mol. The molecule has 0 heterocycles. The maximum Gasteiger partial charge on any atom is 0.416 e. The number of hydrogen-bond acceptors (Lipinski definition) is 4. The fraction of sp³-hybridized carbons (Fsp3) is 0.250. The highest BCUT2D eigenvalue weighted by Gasteiger charge is 2.30. The third kappa shape index (κ3) is 7.28. The Bertz CT molecular complexity index is 855. The summed E-state index contributed by atoms with van der Waals surface area (Å²) in [5, 5.41) is 5.64. The third-order valence-corrected chi connectivity index (χ3v) is 3.84. The molecule has 2 aromatic rings. The lowest BCUT2D eigenvalue weighted by Crippen LogP contribution is -2.33. The normalized spacial score (nSPS) is 11.3. The van der Waals surface area contributed by atoms with Gasteiger partial charge in [0.15, 0.2) is 6.61 Å². The second kappa shape index (κ2) is 10.3. The maximum absolute atomic E-state index is 12.7. The Balaban J connectivity index is 1.81. The number of oxime groups is 1. The molecule has 0 aliphatic rings. The van der Waals surface area contributed by atoms with Gasteiger partial charge in [0.2, 0.25) is 0 Å². The molecule has 0 saturated carbocycles. The van der Waals surface area contributed by atoms with Gasteiger partial charge in [0.1, 0.15) is 6.21 Å². The lowest BCUT2D eigenvalue weighted by atomic mass is 10.2. The first-order valence-electron chi connectivity index (χ1n) is 8.75. The van der Waals surface area contributed by atoms with Crippen LogP contribution in [0.4, 0.5) is 18.9 Å². The van der Waals surface area contributed by atoms with Crippen LogP contribution in [0.3, 0.4) is 0 Å². The van der Waals surface area contributed by atoms with Crippen molar-refractivity contribution in [3.8, 4) is 0 Å². The average molecular weight is 407 g/mol. The molecule has 0 atom stereocenters. The van der Waals surface area contributed by atoms with Crippen molar-refractivity contribution in [1.29, 1.82) is 0 Å². The summed E-state index contributed by atoms with van der Waals surface area (Å²) >= 11 is 0. The topological polar surface area (TPSA) is 71.0 Å². The van der Waals surface area contributed by atoms with Gasteiger partial charge in [-0.2, -0.15) is 13.2 Å². The number of benzene rings is 2. The smallest absolute Gasteiger partial charge is 0.386 e. The van der Waals surface area contributed by atoms with Gasteiger partial charge in [0.25, 0.3) is 11.8 Å². The molecule has 2 rings (SSSR count). The van der Waals surface area contributed by atoms with Crippen LogP contribution in [0.25, 0.3) is 0 Å². The molecule has 0 saturated heterocycles. The van der Waals surface area contributed by atoms with Crippen molar-refractivity contribution in [2.75, 3.05) is 18.5 Å². The molecule has 1 N–H and O–H groups in total. The lowest BCUT2D eigenvalue weighted by Gasteiger charge is -2.20. The lowest BCUT2D eigenvalue weighted by molar-refractivity contribution is -0.137. The average Bonchev–Trinajstić information content (AvgIpc) is 2.69. The van der Waals surface area contributed by atoms with Gasteiger partial charge >= 0.3 is 6.18 Å². The Hall–Kier alpha value is -3.36. The van der Waals surface area contributed by atoms with Gasteiger partial charge in [-0.1, -0.05) is 41.6 Å². The molecule has 2 aromatic carbocycles. The molecule has 154 valence electrons. The molecule has 0 radical (unpaired) electrons. The van der Waals surface area contributed by atoms with Crippen LogP contribution in [0, 0.1) is 0 Å². The van der Waals surface area contributed by atoms with Gasteiger partial charge in [0.05, 0.1) is 5.56 Å². The van der Waals surface area contributed by atoms with Crippen molar-refractivity contribution in [2.45, 2.75) is 19.6 Å². The first-order valence-corrected chi connectivity index (χ1v) is 8.75. The Morgan fingerprint density at radius 1 is 1.14 bits per heavy atom. The summed E-state index contributed by atoms with van der Waals surface area (Å²) in [6, 6.07) is 13.6. The number of amides is 2. The largest absolute Gasteiger partial charge is 0.416 e. The second-order valence-corrected chi connectivity index (χ2v) is 5.97. The summed E-state index contributed by atoms with van der Waals surface area (Å²) in [6.45, 7) is 2.34. The summed E-state index contributed by atoms with van der Waals surface area (Å²) in [5.74, 6) is -1.10. The number of carbonyl (C=O) groups is 2. The standard InChI is InChI=1S/C20H20F3N3O3/c1-2-26(13-15-7-4-3-5-8-15)19(28)14-29-24-12-18(27)25-17-10-6-9-16(11-17)20(21,22)23/h3-12H,2,13-14H2,1H3,(H,25,27)/b24-12+. The van der Waals surface area contributed by atoms with Gasteiger partial charge in [-0.25, -0.2) is 0 Å². The monoisotopic (exact) mass is 407 g/mol. The van der Waals surface area contributed by atoms with E-state index in [-0.39, 0.29) is 18.2 Å². The molecule has 0 bridgehead atoms. The fourth-order valence-corrected chi connectivity index (χ4v) is 2.40. The van der Waals surface area contributed by atoms with Crippen LogP contribution >= 0.6 is 0 Å². The van der Waals surface area contributed by atoms with Crippen molar-refractivity contribution in [3.05, 3.63) is 65.7 Å². The first-order chi connectivity index (χ1) is 13.8. The zero-order chi connectivity index (χ0) is 21.3. The van der Waals surface area contributed by atoms with Gasteiger partial charge in [-0.05, 0) is 30.7 Å². The Labute approximate surface area is 166 Å². The molecule has 0 unspecified atom stereocenters. The summed E-state index contributed by atoms with van der Waals surface area (Å²) in [7, 11) is 0. The Morgan fingerprint density at radius 3 is 2.52 bits per heavy atom. The van der Waals surface area contributed by atoms with Crippen molar-refractivity contribution in [1.82, 2.24) is 4.90 Å². The van der Waals surface area contributed by atoms with Gasteiger partial charge in [-0.15, -0.1) is 0 Å². The molecule has 9 heteroatoms.